The number of aromatic nitrogens is 2. The Balaban J connectivity index is 2.32. The first-order chi connectivity index (χ1) is 7.15. The molecule has 3 N–H and O–H groups in total. The molecule has 0 fully saturated rings. The van der Waals surface area contributed by atoms with Crippen molar-refractivity contribution in [2.75, 3.05) is 6.61 Å². The lowest BCUT2D eigenvalue weighted by molar-refractivity contribution is 0.0945. The lowest BCUT2D eigenvalue weighted by Gasteiger charge is -2.23. The number of aryl methyl sites for hydroxylation is 1. The van der Waals surface area contributed by atoms with Gasteiger partial charge >= 0.3 is 0 Å². The molecular formula is C11H19N3O. The smallest absolute Gasteiger partial charge is 0.0786 e. The van der Waals surface area contributed by atoms with Gasteiger partial charge in [-0.05, 0) is 31.2 Å². The number of aromatic amines is 1. The molecule has 0 radical (unpaired) electrons. The van der Waals surface area contributed by atoms with Gasteiger partial charge in [0.05, 0.1) is 12.3 Å². The highest BCUT2D eigenvalue weighted by Crippen LogP contribution is 2.30. The average molecular weight is 209 g/mol. The molecular weight excluding hydrogens is 190 g/mol. The highest BCUT2D eigenvalue weighted by molar-refractivity contribution is 5.32. The van der Waals surface area contributed by atoms with E-state index in [1.807, 2.05) is 0 Å². The molecule has 1 heterocycles. The minimum Gasteiger partial charge on any atom is -0.304 e. The normalized spacial score (nSPS) is 16.5. The van der Waals surface area contributed by atoms with Crippen molar-refractivity contribution in [1.82, 2.24) is 10.2 Å². The standard InChI is InChI=1S/C11H19N3O/c1-11(2,7-15-12)10-8-5-3-4-6-9(8)13-14-10/h3-7,12H2,1-2H3,(H,13,14). The molecule has 0 saturated carbocycles. The summed E-state index contributed by atoms with van der Waals surface area (Å²) < 4.78 is 0. The van der Waals surface area contributed by atoms with E-state index >= 15 is 0 Å². The van der Waals surface area contributed by atoms with Gasteiger partial charge in [0.25, 0.3) is 0 Å². The average Bonchev–Trinajstić information content (AvgIpc) is 2.61. The predicted molar refractivity (Wildman–Crippen MR) is 58.4 cm³/mol. The third kappa shape index (κ3) is 1.92. The van der Waals surface area contributed by atoms with Crippen LogP contribution >= 0.6 is 0 Å². The van der Waals surface area contributed by atoms with E-state index in [1.165, 1.54) is 24.1 Å². The Bertz CT molecular complexity index is 344. The molecule has 0 aliphatic heterocycles. The van der Waals surface area contributed by atoms with Crippen molar-refractivity contribution in [3.8, 4) is 0 Å². The van der Waals surface area contributed by atoms with Crippen LogP contribution in [0, 0.1) is 0 Å². The maximum absolute atomic E-state index is 5.16. The van der Waals surface area contributed by atoms with E-state index in [0.717, 1.165) is 18.5 Å². The van der Waals surface area contributed by atoms with Crippen LogP contribution in [-0.4, -0.2) is 16.8 Å². The number of fused-ring (bicyclic) bond motifs is 1. The second-order valence-corrected chi connectivity index (χ2v) is 4.93. The fourth-order valence-corrected chi connectivity index (χ4v) is 2.32. The highest BCUT2D eigenvalue weighted by atomic mass is 16.6. The maximum atomic E-state index is 5.16. The molecule has 1 aliphatic rings. The van der Waals surface area contributed by atoms with Gasteiger partial charge in [0.15, 0.2) is 0 Å². The van der Waals surface area contributed by atoms with Crippen molar-refractivity contribution in [2.45, 2.75) is 44.9 Å². The second-order valence-electron chi connectivity index (χ2n) is 4.93. The van der Waals surface area contributed by atoms with Crippen molar-refractivity contribution in [3.63, 3.8) is 0 Å². The van der Waals surface area contributed by atoms with Crippen molar-refractivity contribution in [2.24, 2.45) is 5.90 Å². The van der Waals surface area contributed by atoms with Crippen LogP contribution in [0.15, 0.2) is 0 Å². The van der Waals surface area contributed by atoms with Crippen LogP contribution in [-0.2, 0) is 23.1 Å². The quantitative estimate of drug-likeness (QED) is 0.741. The fourth-order valence-electron chi connectivity index (χ4n) is 2.32. The fraction of sp³-hybridized carbons (Fsp3) is 0.727. The molecule has 4 nitrogen and oxygen atoms in total. The summed E-state index contributed by atoms with van der Waals surface area (Å²) in [6.45, 7) is 4.74. The summed E-state index contributed by atoms with van der Waals surface area (Å²) in [4.78, 5) is 4.77. The predicted octanol–water partition coefficient (Wildman–Crippen LogP) is 1.46. The summed E-state index contributed by atoms with van der Waals surface area (Å²) in [5.41, 5.74) is 3.73. The van der Waals surface area contributed by atoms with Gasteiger partial charge in [-0.25, -0.2) is 5.90 Å². The minimum absolute atomic E-state index is 0.101. The van der Waals surface area contributed by atoms with E-state index in [2.05, 4.69) is 24.0 Å². The van der Waals surface area contributed by atoms with Gasteiger partial charge in [0.1, 0.15) is 0 Å². The third-order valence-corrected chi connectivity index (χ3v) is 3.14. The zero-order chi connectivity index (χ0) is 10.9. The van der Waals surface area contributed by atoms with E-state index in [-0.39, 0.29) is 5.41 Å². The summed E-state index contributed by atoms with van der Waals surface area (Å²) in [6.07, 6.45) is 4.79. The number of nitrogens with zero attached hydrogens (tertiary/aromatic N) is 1. The number of rotatable bonds is 3. The van der Waals surface area contributed by atoms with Crippen LogP contribution in [0.4, 0.5) is 0 Å². The van der Waals surface area contributed by atoms with E-state index in [9.17, 15) is 0 Å². The van der Waals surface area contributed by atoms with Gasteiger partial charge < -0.3 is 4.84 Å². The van der Waals surface area contributed by atoms with Crippen LogP contribution in [0.5, 0.6) is 0 Å². The molecule has 1 aliphatic carbocycles. The summed E-state index contributed by atoms with van der Waals surface area (Å²) in [5.74, 6) is 5.16. The molecule has 1 aromatic heterocycles. The molecule has 0 spiro atoms. The first kappa shape index (κ1) is 10.6. The topological polar surface area (TPSA) is 63.9 Å². The van der Waals surface area contributed by atoms with Crippen molar-refractivity contribution in [1.29, 1.82) is 0 Å². The Morgan fingerprint density at radius 3 is 2.87 bits per heavy atom. The van der Waals surface area contributed by atoms with Crippen LogP contribution in [0.25, 0.3) is 0 Å². The largest absolute Gasteiger partial charge is 0.304 e. The van der Waals surface area contributed by atoms with Crippen molar-refractivity contribution in [3.05, 3.63) is 17.0 Å². The molecule has 0 saturated heterocycles. The molecule has 0 bridgehead atoms. The zero-order valence-corrected chi connectivity index (χ0v) is 9.47. The minimum atomic E-state index is -0.101. The highest BCUT2D eigenvalue weighted by Gasteiger charge is 2.29. The molecule has 4 heteroatoms. The molecule has 0 amide bonds. The van der Waals surface area contributed by atoms with Gasteiger partial charge in [0.2, 0.25) is 0 Å². The molecule has 0 aromatic carbocycles. The van der Waals surface area contributed by atoms with Gasteiger partial charge in [0, 0.05) is 11.1 Å². The van der Waals surface area contributed by atoms with Crippen LogP contribution < -0.4 is 5.90 Å². The number of nitrogens with one attached hydrogen (secondary N) is 1. The first-order valence-electron chi connectivity index (χ1n) is 5.53. The Hall–Kier alpha value is -0.870. The van der Waals surface area contributed by atoms with Crippen LogP contribution in [0.2, 0.25) is 0 Å². The summed E-state index contributed by atoms with van der Waals surface area (Å²) >= 11 is 0. The zero-order valence-electron chi connectivity index (χ0n) is 9.47. The van der Waals surface area contributed by atoms with Gasteiger partial charge in [-0.1, -0.05) is 13.8 Å². The van der Waals surface area contributed by atoms with Crippen molar-refractivity contribution < 1.29 is 4.84 Å². The third-order valence-electron chi connectivity index (χ3n) is 3.14. The molecule has 0 atom stereocenters. The Morgan fingerprint density at radius 1 is 1.40 bits per heavy atom. The van der Waals surface area contributed by atoms with Gasteiger partial charge in [-0.2, -0.15) is 5.10 Å². The lowest BCUT2D eigenvalue weighted by atomic mass is 9.84. The SMILES string of the molecule is CC(C)(CON)c1n[nH]c2c1CCCC2. The van der Waals surface area contributed by atoms with Crippen LogP contribution in [0.3, 0.4) is 0 Å². The summed E-state index contributed by atoms with van der Waals surface area (Å²) in [6, 6.07) is 0. The summed E-state index contributed by atoms with van der Waals surface area (Å²) in [5, 5.41) is 7.57. The lowest BCUT2D eigenvalue weighted by Crippen LogP contribution is -2.28. The first-order valence-corrected chi connectivity index (χ1v) is 5.53. The van der Waals surface area contributed by atoms with E-state index < -0.39 is 0 Å². The van der Waals surface area contributed by atoms with Crippen LogP contribution in [0.1, 0.15) is 43.6 Å². The Morgan fingerprint density at radius 2 is 2.13 bits per heavy atom. The molecule has 15 heavy (non-hydrogen) atoms. The molecule has 1 aromatic rings. The number of hydrogen-bond donors (Lipinski definition) is 2. The van der Waals surface area contributed by atoms with Gasteiger partial charge in [-0.3, -0.25) is 5.10 Å². The molecule has 84 valence electrons. The van der Waals surface area contributed by atoms with E-state index in [1.54, 1.807) is 0 Å². The van der Waals surface area contributed by atoms with E-state index in [0.29, 0.717) is 6.61 Å². The number of H-pyrrole nitrogens is 1. The molecule has 2 rings (SSSR count). The van der Waals surface area contributed by atoms with Gasteiger partial charge in [-0.15, -0.1) is 0 Å². The second kappa shape index (κ2) is 3.94. The Labute approximate surface area is 90.1 Å². The number of hydrogen-bond acceptors (Lipinski definition) is 3. The maximum Gasteiger partial charge on any atom is 0.0786 e. The molecule has 0 unspecified atom stereocenters. The monoisotopic (exact) mass is 209 g/mol. The summed E-state index contributed by atoms with van der Waals surface area (Å²) in [7, 11) is 0. The Kier molecular flexibility index (Phi) is 2.80. The number of nitrogens with two attached hydrogens (primary N) is 1. The van der Waals surface area contributed by atoms with E-state index in [4.69, 9.17) is 10.7 Å². The van der Waals surface area contributed by atoms with Crippen molar-refractivity contribution >= 4 is 0 Å².